The minimum atomic E-state index is -0.867. The van der Waals surface area contributed by atoms with E-state index in [0.717, 1.165) is 0 Å². The molecule has 0 aliphatic carbocycles. The van der Waals surface area contributed by atoms with E-state index in [-0.39, 0.29) is 17.1 Å². The van der Waals surface area contributed by atoms with E-state index in [2.05, 4.69) is 25.9 Å². The summed E-state index contributed by atoms with van der Waals surface area (Å²) < 4.78 is 24.1. The molecule has 0 unspecified atom stereocenters. The Kier molecular flexibility index (Phi) is 4.45. The van der Waals surface area contributed by atoms with Crippen molar-refractivity contribution in [1.29, 1.82) is 0 Å². The summed E-state index contributed by atoms with van der Waals surface area (Å²) in [5, 5.41) is 13.0. The summed E-state index contributed by atoms with van der Waals surface area (Å²) in [7, 11) is 0. The highest BCUT2D eigenvalue weighted by Gasteiger charge is 2.29. The molecule has 26 heavy (non-hydrogen) atoms. The first-order valence-corrected chi connectivity index (χ1v) is 7.89. The Morgan fingerprint density at radius 1 is 1.15 bits per heavy atom. The molecule has 0 aliphatic heterocycles. The van der Waals surface area contributed by atoms with E-state index in [9.17, 15) is 9.18 Å². The number of aromatic nitrogens is 3. The third-order valence-corrected chi connectivity index (χ3v) is 3.79. The lowest BCUT2D eigenvalue weighted by molar-refractivity contribution is 0.239. The Morgan fingerprint density at radius 2 is 1.88 bits per heavy atom. The number of nitrogens with one attached hydrogen (secondary N) is 2. The molecule has 0 atom stereocenters. The second kappa shape index (κ2) is 6.58. The first-order chi connectivity index (χ1) is 12.3. The van der Waals surface area contributed by atoms with Crippen LogP contribution in [0.4, 0.5) is 15.0 Å². The number of urea groups is 1. The number of benzene rings is 1. The van der Waals surface area contributed by atoms with E-state index in [1.807, 2.05) is 0 Å². The first-order valence-electron chi connectivity index (χ1n) is 7.89. The van der Waals surface area contributed by atoms with Gasteiger partial charge in [0, 0.05) is 12.5 Å². The van der Waals surface area contributed by atoms with Crippen LogP contribution in [-0.4, -0.2) is 21.3 Å². The Balaban J connectivity index is 1.75. The average molecular weight is 359 g/mol. The van der Waals surface area contributed by atoms with Crippen molar-refractivity contribution >= 4 is 11.8 Å². The average Bonchev–Trinajstić information content (AvgIpc) is 3.15. The van der Waals surface area contributed by atoms with Crippen LogP contribution in [0.25, 0.3) is 11.3 Å². The molecule has 3 rings (SSSR count). The number of carbonyl (C=O) groups excluding carboxylic acids is 1. The number of aryl methyl sites for hydroxylation is 1. The van der Waals surface area contributed by atoms with Gasteiger partial charge in [0.15, 0.2) is 17.4 Å². The van der Waals surface area contributed by atoms with Crippen molar-refractivity contribution in [2.24, 2.45) is 0 Å². The highest BCUT2D eigenvalue weighted by molar-refractivity contribution is 5.90. The molecule has 0 fully saturated rings. The second-order valence-electron chi connectivity index (χ2n) is 6.31. The minimum Gasteiger partial charge on any atom is -0.354 e. The van der Waals surface area contributed by atoms with Crippen molar-refractivity contribution < 1.29 is 18.2 Å². The molecule has 2 amide bonds. The molecular weight excluding hydrogens is 341 g/mol. The van der Waals surface area contributed by atoms with Crippen LogP contribution in [0, 0.1) is 19.7 Å². The fourth-order valence-corrected chi connectivity index (χ4v) is 2.38. The van der Waals surface area contributed by atoms with E-state index in [1.54, 1.807) is 45.9 Å². The molecule has 0 aliphatic rings. The van der Waals surface area contributed by atoms with E-state index in [4.69, 9.17) is 9.05 Å². The Hall–Kier alpha value is -3.23. The van der Waals surface area contributed by atoms with Gasteiger partial charge in [-0.05, 0) is 32.9 Å². The van der Waals surface area contributed by atoms with E-state index >= 15 is 0 Å². The van der Waals surface area contributed by atoms with Crippen LogP contribution < -0.4 is 10.6 Å². The van der Waals surface area contributed by atoms with Crippen LogP contribution in [0.2, 0.25) is 0 Å². The summed E-state index contributed by atoms with van der Waals surface area (Å²) in [5.74, 6) is 0.759. The van der Waals surface area contributed by atoms with Crippen molar-refractivity contribution in [2.45, 2.75) is 33.2 Å². The topological polar surface area (TPSA) is 106 Å². The molecule has 8 nitrogen and oxygen atoms in total. The Morgan fingerprint density at radius 3 is 2.54 bits per heavy atom. The smallest absolute Gasteiger partial charge is 0.321 e. The molecule has 0 spiro atoms. The van der Waals surface area contributed by atoms with Crippen molar-refractivity contribution in [2.75, 3.05) is 5.32 Å². The maximum Gasteiger partial charge on any atom is 0.321 e. The van der Waals surface area contributed by atoms with E-state index < -0.39 is 17.4 Å². The molecule has 2 heterocycles. The van der Waals surface area contributed by atoms with Gasteiger partial charge in [0.05, 0.1) is 11.1 Å². The molecule has 1 aromatic carbocycles. The van der Waals surface area contributed by atoms with Gasteiger partial charge < -0.3 is 14.4 Å². The zero-order chi connectivity index (χ0) is 18.9. The fourth-order valence-electron chi connectivity index (χ4n) is 2.38. The lowest BCUT2D eigenvalue weighted by Crippen LogP contribution is -2.44. The van der Waals surface area contributed by atoms with Crippen LogP contribution in [0.1, 0.15) is 31.1 Å². The maximum atomic E-state index is 13.9. The molecule has 0 bridgehead atoms. The van der Waals surface area contributed by atoms with Gasteiger partial charge in [-0.3, -0.25) is 5.32 Å². The van der Waals surface area contributed by atoms with Crippen molar-refractivity contribution in [3.8, 4) is 11.3 Å². The number of hydrogen-bond acceptors (Lipinski definition) is 6. The minimum absolute atomic E-state index is 0.195. The van der Waals surface area contributed by atoms with Gasteiger partial charge >= 0.3 is 6.03 Å². The number of halogens is 1. The lowest BCUT2D eigenvalue weighted by Gasteiger charge is -2.22. The standard InChI is InChI=1S/C17H18FN5O3/c1-9-13(11-7-5-6-8-12(11)18)26-22-14(9)20-16(24)21-17(3,4)15-19-10(2)25-23-15/h5-8H,1-4H3,(H2,20,21,22,24). The summed E-state index contributed by atoms with van der Waals surface area (Å²) in [6, 6.07) is 5.64. The molecule has 2 aromatic heterocycles. The van der Waals surface area contributed by atoms with Crippen LogP contribution in [-0.2, 0) is 5.54 Å². The third-order valence-electron chi connectivity index (χ3n) is 3.79. The molecule has 3 aromatic rings. The largest absolute Gasteiger partial charge is 0.354 e. The van der Waals surface area contributed by atoms with Crippen molar-refractivity contribution in [3.63, 3.8) is 0 Å². The Labute approximate surface area is 148 Å². The van der Waals surface area contributed by atoms with Gasteiger partial charge in [0.1, 0.15) is 5.82 Å². The van der Waals surface area contributed by atoms with Gasteiger partial charge in [-0.2, -0.15) is 4.98 Å². The zero-order valence-corrected chi connectivity index (χ0v) is 14.8. The normalized spacial score (nSPS) is 11.4. The molecule has 0 saturated carbocycles. The lowest BCUT2D eigenvalue weighted by atomic mass is 10.1. The summed E-state index contributed by atoms with van der Waals surface area (Å²) >= 11 is 0. The number of hydrogen-bond donors (Lipinski definition) is 2. The highest BCUT2D eigenvalue weighted by atomic mass is 19.1. The summed E-state index contributed by atoms with van der Waals surface area (Å²) in [6.07, 6.45) is 0. The summed E-state index contributed by atoms with van der Waals surface area (Å²) in [6.45, 7) is 6.81. The van der Waals surface area contributed by atoms with Crippen LogP contribution in [0.15, 0.2) is 33.3 Å². The van der Waals surface area contributed by atoms with Crippen LogP contribution in [0.3, 0.4) is 0 Å². The molecule has 9 heteroatoms. The fraction of sp³-hybridized carbons (Fsp3) is 0.294. The number of nitrogens with zero attached hydrogens (tertiary/aromatic N) is 3. The molecular formula is C17H18FN5O3. The molecule has 2 N–H and O–H groups in total. The second-order valence-corrected chi connectivity index (χ2v) is 6.31. The summed E-state index contributed by atoms with van der Waals surface area (Å²) in [4.78, 5) is 16.4. The maximum absolute atomic E-state index is 13.9. The Bertz CT molecular complexity index is 948. The molecule has 136 valence electrons. The number of rotatable bonds is 4. The van der Waals surface area contributed by atoms with Crippen molar-refractivity contribution in [3.05, 3.63) is 47.4 Å². The van der Waals surface area contributed by atoms with Gasteiger partial charge in [0.2, 0.25) is 5.89 Å². The van der Waals surface area contributed by atoms with Gasteiger partial charge in [-0.25, -0.2) is 9.18 Å². The first kappa shape index (κ1) is 17.6. The van der Waals surface area contributed by atoms with E-state index in [0.29, 0.717) is 17.3 Å². The molecule has 0 saturated heterocycles. The predicted molar refractivity (Wildman–Crippen MR) is 90.8 cm³/mol. The summed E-state index contributed by atoms with van der Waals surface area (Å²) in [5.41, 5.74) is -0.0829. The van der Waals surface area contributed by atoms with Crippen LogP contribution >= 0.6 is 0 Å². The zero-order valence-electron chi connectivity index (χ0n) is 14.8. The van der Waals surface area contributed by atoms with Gasteiger partial charge in [-0.15, -0.1) is 0 Å². The quantitative estimate of drug-likeness (QED) is 0.738. The third kappa shape index (κ3) is 3.41. The highest BCUT2D eigenvalue weighted by Crippen LogP contribution is 2.30. The molecule has 0 radical (unpaired) electrons. The van der Waals surface area contributed by atoms with Gasteiger partial charge in [0.25, 0.3) is 0 Å². The SMILES string of the molecule is Cc1nc(C(C)(C)NC(=O)Nc2noc(-c3ccccc3F)c2C)no1. The number of amides is 2. The number of anilines is 1. The van der Waals surface area contributed by atoms with Gasteiger partial charge in [-0.1, -0.05) is 22.4 Å². The monoisotopic (exact) mass is 359 g/mol. The van der Waals surface area contributed by atoms with E-state index in [1.165, 1.54) is 6.07 Å². The van der Waals surface area contributed by atoms with Crippen LogP contribution in [0.5, 0.6) is 0 Å². The van der Waals surface area contributed by atoms with Crippen molar-refractivity contribution in [1.82, 2.24) is 20.6 Å². The number of carbonyl (C=O) groups is 1. The predicted octanol–water partition coefficient (Wildman–Crippen LogP) is 3.54.